The number of carbonyl (C=O) groups is 1. The second-order valence-corrected chi connectivity index (χ2v) is 6.88. The number of carbonyl (C=O) groups excluding carboxylic acids is 1. The molecule has 0 atom stereocenters. The van der Waals surface area contributed by atoms with E-state index < -0.39 is 10.0 Å². The second kappa shape index (κ2) is 6.47. The summed E-state index contributed by atoms with van der Waals surface area (Å²) in [6.45, 7) is 0. The zero-order chi connectivity index (χ0) is 17.2. The molecule has 23 heavy (non-hydrogen) atoms. The molecule has 0 unspecified atom stereocenters. The number of hydrogen-bond acceptors (Lipinski definition) is 4. The van der Waals surface area contributed by atoms with Crippen LogP contribution in [0.3, 0.4) is 0 Å². The fourth-order valence-electron chi connectivity index (χ4n) is 1.68. The minimum absolute atomic E-state index is 0.00712. The van der Waals surface area contributed by atoms with Gasteiger partial charge in [-0.05, 0) is 12.1 Å². The van der Waals surface area contributed by atoms with Gasteiger partial charge in [0.15, 0.2) is 0 Å². The summed E-state index contributed by atoms with van der Waals surface area (Å²) in [5.41, 5.74) is 0.534. The van der Waals surface area contributed by atoms with E-state index in [0.29, 0.717) is 5.69 Å². The van der Waals surface area contributed by atoms with Gasteiger partial charge in [0.25, 0.3) is 10.0 Å². The van der Waals surface area contributed by atoms with E-state index in [1.54, 1.807) is 39.3 Å². The SMILES string of the molecule is CN(C)C(=O)Nc1ccccc1NS(=O)(=O)c1ncn(C)c1Cl. The lowest BCUT2D eigenvalue weighted by molar-refractivity contribution is 0.230. The molecule has 10 heteroatoms. The normalized spacial score (nSPS) is 11.1. The molecule has 0 spiro atoms. The first-order chi connectivity index (χ1) is 10.7. The van der Waals surface area contributed by atoms with Gasteiger partial charge in [-0.1, -0.05) is 23.7 Å². The predicted molar refractivity (Wildman–Crippen MR) is 88.2 cm³/mol. The van der Waals surface area contributed by atoms with Gasteiger partial charge in [-0.15, -0.1) is 0 Å². The first-order valence-corrected chi connectivity index (χ1v) is 8.35. The Morgan fingerprint density at radius 3 is 2.39 bits per heavy atom. The molecule has 2 N–H and O–H groups in total. The van der Waals surface area contributed by atoms with Crippen LogP contribution in [0.5, 0.6) is 0 Å². The van der Waals surface area contributed by atoms with Crippen molar-refractivity contribution in [3.8, 4) is 0 Å². The summed E-state index contributed by atoms with van der Waals surface area (Å²) < 4.78 is 28.6. The molecule has 0 aliphatic heterocycles. The maximum atomic E-state index is 12.4. The van der Waals surface area contributed by atoms with Crippen molar-refractivity contribution in [2.75, 3.05) is 24.1 Å². The number of hydrogen-bond donors (Lipinski definition) is 2. The zero-order valence-electron chi connectivity index (χ0n) is 12.7. The lowest BCUT2D eigenvalue weighted by Gasteiger charge is -2.15. The topological polar surface area (TPSA) is 96.3 Å². The van der Waals surface area contributed by atoms with Crippen LogP contribution in [0.15, 0.2) is 35.6 Å². The molecule has 0 saturated heterocycles. The van der Waals surface area contributed by atoms with E-state index in [9.17, 15) is 13.2 Å². The molecule has 0 fully saturated rings. The number of para-hydroxylation sites is 2. The molecule has 1 aromatic carbocycles. The maximum Gasteiger partial charge on any atom is 0.321 e. The van der Waals surface area contributed by atoms with E-state index >= 15 is 0 Å². The average molecular weight is 358 g/mol. The van der Waals surface area contributed by atoms with Gasteiger partial charge in [-0.3, -0.25) is 4.72 Å². The number of benzene rings is 1. The molecule has 0 aliphatic carbocycles. The fourth-order valence-corrected chi connectivity index (χ4v) is 3.19. The zero-order valence-corrected chi connectivity index (χ0v) is 14.3. The molecule has 1 heterocycles. The van der Waals surface area contributed by atoms with Crippen LogP contribution in [0.4, 0.5) is 16.2 Å². The van der Waals surface area contributed by atoms with Crippen molar-refractivity contribution in [2.45, 2.75) is 5.03 Å². The Bertz CT molecular complexity index is 832. The van der Waals surface area contributed by atoms with Crippen molar-refractivity contribution in [1.29, 1.82) is 0 Å². The van der Waals surface area contributed by atoms with Crippen LogP contribution in [0, 0.1) is 0 Å². The van der Waals surface area contributed by atoms with Crippen LogP contribution in [-0.4, -0.2) is 43.0 Å². The van der Waals surface area contributed by atoms with Gasteiger partial charge in [-0.2, -0.15) is 8.42 Å². The number of rotatable bonds is 4. The van der Waals surface area contributed by atoms with Crippen LogP contribution in [-0.2, 0) is 17.1 Å². The first-order valence-electron chi connectivity index (χ1n) is 6.49. The van der Waals surface area contributed by atoms with Gasteiger partial charge >= 0.3 is 6.03 Å². The molecular weight excluding hydrogens is 342 g/mol. The number of halogens is 1. The smallest absolute Gasteiger partial charge is 0.321 e. The number of anilines is 2. The Morgan fingerprint density at radius 1 is 1.26 bits per heavy atom. The number of urea groups is 1. The number of nitrogens with zero attached hydrogens (tertiary/aromatic N) is 3. The molecule has 2 rings (SSSR count). The van der Waals surface area contributed by atoms with E-state index in [4.69, 9.17) is 11.6 Å². The van der Waals surface area contributed by atoms with E-state index in [1.165, 1.54) is 21.9 Å². The summed E-state index contributed by atoms with van der Waals surface area (Å²) in [5.74, 6) is 0. The predicted octanol–water partition coefficient (Wildman–Crippen LogP) is 1.97. The largest absolute Gasteiger partial charge is 0.331 e. The number of sulfonamides is 1. The lowest BCUT2D eigenvalue weighted by atomic mass is 10.3. The highest BCUT2D eigenvalue weighted by Crippen LogP contribution is 2.26. The highest BCUT2D eigenvalue weighted by Gasteiger charge is 2.23. The lowest BCUT2D eigenvalue weighted by Crippen LogP contribution is -2.28. The molecule has 2 aromatic rings. The summed E-state index contributed by atoms with van der Waals surface area (Å²) in [6, 6.07) is 6.05. The fraction of sp³-hybridized carbons (Fsp3) is 0.231. The highest BCUT2D eigenvalue weighted by molar-refractivity contribution is 7.92. The molecule has 0 bridgehead atoms. The quantitative estimate of drug-likeness (QED) is 0.874. The van der Waals surface area contributed by atoms with Gasteiger partial charge < -0.3 is 14.8 Å². The van der Waals surface area contributed by atoms with E-state index in [-0.39, 0.29) is 21.9 Å². The molecule has 0 saturated carbocycles. The van der Waals surface area contributed by atoms with Crippen LogP contribution in [0.25, 0.3) is 0 Å². The van der Waals surface area contributed by atoms with Crippen LogP contribution >= 0.6 is 11.6 Å². The monoisotopic (exact) mass is 357 g/mol. The summed E-state index contributed by atoms with van der Waals surface area (Å²) in [7, 11) is 0.761. The summed E-state index contributed by atoms with van der Waals surface area (Å²) >= 11 is 5.93. The Hall–Kier alpha value is -2.26. The first kappa shape index (κ1) is 17.1. The van der Waals surface area contributed by atoms with Gasteiger partial charge in [0.1, 0.15) is 5.15 Å². The molecule has 2 amide bonds. The van der Waals surface area contributed by atoms with Crippen molar-refractivity contribution in [3.05, 3.63) is 35.7 Å². The second-order valence-electron chi connectivity index (χ2n) is 4.93. The van der Waals surface area contributed by atoms with Crippen molar-refractivity contribution >= 4 is 39.0 Å². The summed E-state index contributed by atoms with van der Waals surface area (Å²) in [5, 5.41) is 2.32. The Balaban J connectivity index is 2.33. The summed E-state index contributed by atoms with van der Waals surface area (Å²) in [6.07, 6.45) is 1.30. The van der Waals surface area contributed by atoms with E-state index in [0.717, 1.165) is 0 Å². The highest BCUT2D eigenvalue weighted by atomic mass is 35.5. The van der Waals surface area contributed by atoms with Gasteiger partial charge in [0.2, 0.25) is 5.03 Å². The molecule has 0 aliphatic rings. The molecule has 8 nitrogen and oxygen atoms in total. The molecule has 124 valence electrons. The van der Waals surface area contributed by atoms with Gasteiger partial charge in [0.05, 0.1) is 17.7 Å². The van der Waals surface area contributed by atoms with Crippen LogP contribution < -0.4 is 10.0 Å². The third-order valence-electron chi connectivity index (χ3n) is 2.91. The van der Waals surface area contributed by atoms with Gasteiger partial charge in [-0.25, -0.2) is 9.78 Å². The molecule has 0 radical (unpaired) electrons. The van der Waals surface area contributed by atoms with Crippen molar-refractivity contribution in [3.63, 3.8) is 0 Å². The molecule has 1 aromatic heterocycles. The average Bonchev–Trinajstić information content (AvgIpc) is 2.81. The van der Waals surface area contributed by atoms with Crippen molar-refractivity contribution < 1.29 is 13.2 Å². The number of nitrogens with one attached hydrogen (secondary N) is 2. The number of aryl methyl sites for hydroxylation is 1. The Labute approximate surface area is 139 Å². The standard InChI is InChI=1S/C13H16ClN5O3S/c1-18(2)13(20)16-9-6-4-5-7-10(9)17-23(21,22)12-11(14)19(3)8-15-12/h4-8,17H,1-3H3,(H,16,20). The third-order valence-corrected chi connectivity index (χ3v) is 4.76. The number of amides is 2. The number of imidazole rings is 1. The van der Waals surface area contributed by atoms with Crippen molar-refractivity contribution in [2.24, 2.45) is 7.05 Å². The number of aromatic nitrogens is 2. The van der Waals surface area contributed by atoms with Crippen molar-refractivity contribution in [1.82, 2.24) is 14.5 Å². The van der Waals surface area contributed by atoms with Crippen LogP contribution in [0.1, 0.15) is 0 Å². The van der Waals surface area contributed by atoms with Gasteiger partial charge in [0, 0.05) is 21.1 Å². The minimum atomic E-state index is -3.98. The van der Waals surface area contributed by atoms with E-state index in [2.05, 4.69) is 15.0 Å². The Morgan fingerprint density at radius 2 is 1.87 bits per heavy atom. The Kier molecular flexibility index (Phi) is 4.81. The molecular formula is C13H16ClN5O3S. The minimum Gasteiger partial charge on any atom is -0.331 e. The maximum absolute atomic E-state index is 12.4. The van der Waals surface area contributed by atoms with Crippen LogP contribution in [0.2, 0.25) is 5.15 Å². The third kappa shape index (κ3) is 3.74. The summed E-state index contributed by atoms with van der Waals surface area (Å²) in [4.78, 5) is 16.9. The van der Waals surface area contributed by atoms with E-state index in [1.807, 2.05) is 0 Å².